The van der Waals surface area contributed by atoms with Crippen molar-refractivity contribution in [3.63, 3.8) is 0 Å². The van der Waals surface area contributed by atoms with E-state index in [-0.39, 0.29) is 6.10 Å². The average Bonchev–Trinajstić information content (AvgIpc) is 2.34. The third-order valence-electron chi connectivity index (χ3n) is 2.40. The quantitative estimate of drug-likeness (QED) is 0.912. The van der Waals surface area contributed by atoms with Crippen molar-refractivity contribution in [3.8, 4) is 5.75 Å². The van der Waals surface area contributed by atoms with Gasteiger partial charge in [0, 0.05) is 22.6 Å². The predicted octanol–water partition coefficient (Wildman–Crippen LogP) is 3.49. The average molecular weight is 360 g/mol. The Morgan fingerprint density at radius 1 is 1.41 bits per heavy atom. The van der Waals surface area contributed by atoms with Gasteiger partial charge in [-0.25, -0.2) is 0 Å². The van der Waals surface area contributed by atoms with Crippen molar-refractivity contribution in [1.29, 1.82) is 0 Å². The highest BCUT2D eigenvalue weighted by Gasteiger charge is 2.13. The van der Waals surface area contributed by atoms with Gasteiger partial charge >= 0.3 is 0 Å². The van der Waals surface area contributed by atoms with E-state index >= 15 is 0 Å². The lowest BCUT2D eigenvalue weighted by atomic mass is 10.2. The first kappa shape index (κ1) is 12.8. The molecule has 1 unspecified atom stereocenters. The molecule has 0 fully saturated rings. The Balaban J connectivity index is 2.61. The fourth-order valence-corrected chi connectivity index (χ4v) is 2.87. The molecule has 17 heavy (non-hydrogen) atoms. The number of rotatable bonds is 3. The summed E-state index contributed by atoms with van der Waals surface area (Å²) in [5.41, 5.74) is 6.40. The molecule has 0 saturated heterocycles. The van der Waals surface area contributed by atoms with Crippen LogP contribution >= 0.6 is 31.9 Å². The van der Waals surface area contributed by atoms with Gasteiger partial charge in [-0.15, -0.1) is 0 Å². The monoisotopic (exact) mass is 358 g/mol. The maximum atomic E-state index is 5.81. The summed E-state index contributed by atoms with van der Waals surface area (Å²) in [6, 6.07) is 5.86. The van der Waals surface area contributed by atoms with Crippen molar-refractivity contribution < 1.29 is 4.74 Å². The third-order valence-corrected chi connectivity index (χ3v) is 3.65. The van der Waals surface area contributed by atoms with Gasteiger partial charge < -0.3 is 10.5 Å². The topological polar surface area (TPSA) is 48.1 Å². The fraction of sp³-hybridized carbons (Fsp3) is 0.250. The Morgan fingerprint density at radius 2 is 2.18 bits per heavy atom. The van der Waals surface area contributed by atoms with Gasteiger partial charge in [0.1, 0.15) is 11.6 Å². The summed E-state index contributed by atoms with van der Waals surface area (Å²) < 4.78 is 7.66. The van der Waals surface area contributed by atoms with E-state index in [9.17, 15) is 0 Å². The number of aromatic nitrogens is 1. The van der Waals surface area contributed by atoms with Crippen LogP contribution < -0.4 is 10.5 Å². The molecular formula is C12H12Br2N2O. The summed E-state index contributed by atoms with van der Waals surface area (Å²) in [5.74, 6) is 0.738. The number of benzene rings is 1. The second-order valence-corrected chi connectivity index (χ2v) is 5.44. The molecule has 1 atom stereocenters. The molecule has 0 bridgehead atoms. The molecule has 0 amide bonds. The molecule has 2 rings (SSSR count). The van der Waals surface area contributed by atoms with Crippen molar-refractivity contribution in [1.82, 2.24) is 4.98 Å². The van der Waals surface area contributed by atoms with E-state index in [0.29, 0.717) is 6.54 Å². The van der Waals surface area contributed by atoms with Gasteiger partial charge in [-0.1, -0.05) is 22.0 Å². The highest BCUT2D eigenvalue weighted by Crippen LogP contribution is 2.37. The molecule has 1 aromatic carbocycles. The number of halogens is 2. The first-order chi connectivity index (χ1) is 8.13. The van der Waals surface area contributed by atoms with Gasteiger partial charge in [0.25, 0.3) is 0 Å². The standard InChI is InChI=1S/C12H12Br2N2O/c1-7(6-15)17-12-10(14)5-9(13)8-3-2-4-16-11(8)12/h2-5,7H,6,15H2,1H3. The van der Waals surface area contributed by atoms with Crippen LogP contribution in [0.2, 0.25) is 0 Å². The minimum Gasteiger partial charge on any atom is -0.486 e. The van der Waals surface area contributed by atoms with Crippen molar-refractivity contribution in [2.45, 2.75) is 13.0 Å². The van der Waals surface area contributed by atoms with Crippen LogP contribution in [0, 0.1) is 0 Å². The van der Waals surface area contributed by atoms with Crippen LogP contribution in [-0.4, -0.2) is 17.6 Å². The van der Waals surface area contributed by atoms with E-state index in [2.05, 4.69) is 36.8 Å². The van der Waals surface area contributed by atoms with E-state index in [0.717, 1.165) is 25.6 Å². The molecule has 0 spiro atoms. The first-order valence-electron chi connectivity index (χ1n) is 5.23. The summed E-state index contributed by atoms with van der Waals surface area (Å²) in [4.78, 5) is 4.36. The minimum absolute atomic E-state index is 0.0438. The van der Waals surface area contributed by atoms with Crippen molar-refractivity contribution in [3.05, 3.63) is 33.3 Å². The molecular weight excluding hydrogens is 348 g/mol. The van der Waals surface area contributed by atoms with E-state index in [1.54, 1.807) is 6.20 Å². The lowest BCUT2D eigenvalue weighted by molar-refractivity contribution is 0.231. The molecule has 1 aromatic heterocycles. The highest BCUT2D eigenvalue weighted by atomic mass is 79.9. The van der Waals surface area contributed by atoms with E-state index in [1.807, 2.05) is 25.1 Å². The zero-order valence-corrected chi connectivity index (χ0v) is 12.5. The van der Waals surface area contributed by atoms with Gasteiger partial charge in [0.05, 0.1) is 4.47 Å². The second kappa shape index (κ2) is 5.33. The molecule has 0 radical (unpaired) electrons. The van der Waals surface area contributed by atoms with Crippen molar-refractivity contribution in [2.24, 2.45) is 5.73 Å². The second-order valence-electron chi connectivity index (χ2n) is 3.73. The van der Waals surface area contributed by atoms with Crippen LogP contribution in [0.4, 0.5) is 0 Å². The molecule has 5 heteroatoms. The normalized spacial score (nSPS) is 12.7. The Hall–Kier alpha value is -0.650. The summed E-state index contributed by atoms with van der Waals surface area (Å²) in [7, 11) is 0. The Kier molecular flexibility index (Phi) is 4.01. The molecule has 1 heterocycles. The number of fused-ring (bicyclic) bond motifs is 1. The molecule has 0 aliphatic rings. The van der Waals surface area contributed by atoms with Gasteiger partial charge in [0.15, 0.2) is 5.75 Å². The maximum Gasteiger partial charge on any atom is 0.160 e. The number of hydrogen-bond donors (Lipinski definition) is 1. The van der Waals surface area contributed by atoms with Gasteiger partial charge in [0.2, 0.25) is 0 Å². The molecule has 2 aromatic rings. The number of nitrogens with two attached hydrogens (primary N) is 1. The van der Waals surface area contributed by atoms with Gasteiger partial charge in [-0.3, -0.25) is 4.98 Å². The third kappa shape index (κ3) is 2.61. The van der Waals surface area contributed by atoms with Crippen LogP contribution in [-0.2, 0) is 0 Å². The predicted molar refractivity (Wildman–Crippen MR) is 76.3 cm³/mol. The number of ether oxygens (including phenoxy) is 1. The van der Waals surface area contributed by atoms with Crippen LogP contribution in [0.15, 0.2) is 33.3 Å². The molecule has 3 nitrogen and oxygen atoms in total. The van der Waals surface area contributed by atoms with E-state index < -0.39 is 0 Å². The van der Waals surface area contributed by atoms with Crippen LogP contribution in [0.1, 0.15) is 6.92 Å². The number of nitrogens with zero attached hydrogens (tertiary/aromatic N) is 1. The SMILES string of the molecule is CC(CN)Oc1c(Br)cc(Br)c2cccnc12. The van der Waals surface area contributed by atoms with Crippen LogP contribution in [0.3, 0.4) is 0 Å². The molecule has 2 N–H and O–H groups in total. The van der Waals surface area contributed by atoms with Crippen LogP contribution in [0.25, 0.3) is 10.9 Å². The number of hydrogen-bond acceptors (Lipinski definition) is 3. The molecule has 0 saturated carbocycles. The smallest absolute Gasteiger partial charge is 0.160 e. The maximum absolute atomic E-state index is 5.81. The zero-order chi connectivity index (χ0) is 12.4. The highest BCUT2D eigenvalue weighted by molar-refractivity contribution is 9.11. The molecule has 0 aliphatic heterocycles. The molecule has 90 valence electrons. The summed E-state index contributed by atoms with van der Waals surface area (Å²) >= 11 is 7.00. The van der Waals surface area contributed by atoms with E-state index in [1.165, 1.54) is 0 Å². The summed E-state index contributed by atoms with van der Waals surface area (Å²) in [5, 5.41) is 1.02. The Bertz CT molecular complexity index is 545. The summed E-state index contributed by atoms with van der Waals surface area (Å²) in [6.07, 6.45) is 1.71. The van der Waals surface area contributed by atoms with Gasteiger partial charge in [-0.2, -0.15) is 0 Å². The summed E-state index contributed by atoms with van der Waals surface area (Å²) in [6.45, 7) is 2.40. The Labute approximate surface area is 117 Å². The van der Waals surface area contributed by atoms with E-state index in [4.69, 9.17) is 10.5 Å². The lowest BCUT2D eigenvalue weighted by Gasteiger charge is -2.16. The van der Waals surface area contributed by atoms with Crippen LogP contribution in [0.5, 0.6) is 5.75 Å². The fourth-order valence-electron chi connectivity index (χ4n) is 1.51. The van der Waals surface area contributed by atoms with Gasteiger partial charge in [-0.05, 0) is 35.0 Å². The number of pyridine rings is 1. The Morgan fingerprint density at radius 3 is 2.88 bits per heavy atom. The zero-order valence-electron chi connectivity index (χ0n) is 9.28. The molecule has 0 aliphatic carbocycles. The lowest BCUT2D eigenvalue weighted by Crippen LogP contribution is -2.23. The first-order valence-corrected chi connectivity index (χ1v) is 6.81. The van der Waals surface area contributed by atoms with Crippen molar-refractivity contribution in [2.75, 3.05) is 6.54 Å². The van der Waals surface area contributed by atoms with Crippen molar-refractivity contribution >= 4 is 42.8 Å². The minimum atomic E-state index is -0.0438. The largest absolute Gasteiger partial charge is 0.486 e.